The lowest BCUT2D eigenvalue weighted by atomic mass is 10.3. The van der Waals surface area contributed by atoms with Crippen LogP contribution in [-0.4, -0.2) is 38.2 Å². The number of hydrogen-bond donors (Lipinski definition) is 0. The molecular weight excluding hydrogens is 420 g/mol. The standard InChI is InChI=1S/C18H16N2O5S3/c1-25-17(22)11-20-14-7-6-13(28(2,23)24)10-15(14)27-18(20)19-16(21)8-5-12-4-3-9-26-12/h3-10H,11H2,1-2H3/b8-5+,19-18?. The number of fused-ring (bicyclic) bond motifs is 1. The third-order valence-corrected chi connectivity index (χ3v) is 6.73. The highest BCUT2D eigenvalue weighted by atomic mass is 32.2. The van der Waals surface area contributed by atoms with Crippen LogP contribution in [0.2, 0.25) is 0 Å². The molecule has 3 aromatic rings. The fourth-order valence-electron chi connectivity index (χ4n) is 2.39. The molecule has 7 nitrogen and oxygen atoms in total. The average Bonchev–Trinajstić information content (AvgIpc) is 3.27. The molecule has 2 aromatic heterocycles. The second kappa shape index (κ2) is 8.21. The van der Waals surface area contributed by atoms with Crippen LogP contribution in [0.25, 0.3) is 16.3 Å². The summed E-state index contributed by atoms with van der Waals surface area (Å²) in [4.78, 5) is 29.5. The van der Waals surface area contributed by atoms with Gasteiger partial charge in [-0.1, -0.05) is 17.4 Å². The first-order chi connectivity index (χ1) is 13.3. The molecule has 0 spiro atoms. The third kappa shape index (κ3) is 4.64. The zero-order valence-electron chi connectivity index (χ0n) is 15.0. The van der Waals surface area contributed by atoms with Crippen LogP contribution in [0.4, 0.5) is 0 Å². The number of sulfone groups is 1. The Morgan fingerprint density at radius 2 is 2.07 bits per heavy atom. The van der Waals surface area contributed by atoms with Gasteiger partial charge in [-0.25, -0.2) is 8.42 Å². The van der Waals surface area contributed by atoms with Crippen LogP contribution in [0.3, 0.4) is 0 Å². The van der Waals surface area contributed by atoms with E-state index in [4.69, 9.17) is 4.74 Å². The Morgan fingerprint density at radius 3 is 2.71 bits per heavy atom. The number of rotatable bonds is 5. The number of methoxy groups -OCH3 is 1. The van der Waals surface area contributed by atoms with Crippen molar-refractivity contribution in [2.75, 3.05) is 13.4 Å². The predicted octanol–water partition coefficient (Wildman–Crippen LogP) is 2.48. The minimum absolute atomic E-state index is 0.143. The number of nitrogens with zero attached hydrogens (tertiary/aromatic N) is 2. The van der Waals surface area contributed by atoms with Crippen molar-refractivity contribution < 1.29 is 22.7 Å². The third-order valence-electron chi connectivity index (χ3n) is 3.74. The molecule has 0 aliphatic heterocycles. The summed E-state index contributed by atoms with van der Waals surface area (Å²) in [7, 11) is -2.12. The Labute approximate surface area is 169 Å². The van der Waals surface area contributed by atoms with Gasteiger partial charge < -0.3 is 9.30 Å². The Kier molecular flexibility index (Phi) is 5.92. The lowest BCUT2D eigenvalue weighted by molar-refractivity contribution is -0.141. The maximum Gasteiger partial charge on any atom is 0.325 e. The smallest absolute Gasteiger partial charge is 0.325 e. The molecule has 28 heavy (non-hydrogen) atoms. The molecule has 0 saturated carbocycles. The van der Waals surface area contributed by atoms with Crippen LogP contribution in [0, 0.1) is 0 Å². The largest absolute Gasteiger partial charge is 0.468 e. The number of benzene rings is 1. The van der Waals surface area contributed by atoms with Crippen molar-refractivity contribution in [2.24, 2.45) is 4.99 Å². The van der Waals surface area contributed by atoms with Gasteiger partial charge in [0.05, 0.1) is 22.2 Å². The number of esters is 1. The van der Waals surface area contributed by atoms with Crippen molar-refractivity contribution in [1.82, 2.24) is 4.57 Å². The summed E-state index contributed by atoms with van der Waals surface area (Å²) in [6, 6.07) is 8.31. The van der Waals surface area contributed by atoms with Gasteiger partial charge in [-0.2, -0.15) is 4.99 Å². The minimum atomic E-state index is -3.38. The summed E-state index contributed by atoms with van der Waals surface area (Å²) in [5.74, 6) is -0.989. The molecule has 146 valence electrons. The van der Waals surface area contributed by atoms with Gasteiger partial charge in [0.1, 0.15) is 6.54 Å². The van der Waals surface area contributed by atoms with Crippen LogP contribution < -0.4 is 4.80 Å². The second-order valence-corrected chi connectivity index (χ2v) is 9.75. The first-order valence-corrected chi connectivity index (χ1v) is 11.6. The molecule has 3 rings (SSSR count). The van der Waals surface area contributed by atoms with E-state index in [1.54, 1.807) is 12.1 Å². The van der Waals surface area contributed by atoms with E-state index in [2.05, 4.69) is 4.99 Å². The zero-order chi connectivity index (χ0) is 20.3. The molecule has 0 aliphatic carbocycles. The van der Waals surface area contributed by atoms with Crippen molar-refractivity contribution in [1.29, 1.82) is 0 Å². The molecule has 0 N–H and O–H groups in total. The molecule has 2 heterocycles. The van der Waals surface area contributed by atoms with Crippen molar-refractivity contribution in [3.63, 3.8) is 0 Å². The fraction of sp³-hybridized carbons (Fsp3) is 0.167. The van der Waals surface area contributed by atoms with Crippen LogP contribution in [0.1, 0.15) is 4.88 Å². The summed E-state index contributed by atoms with van der Waals surface area (Å²) < 4.78 is 30.5. The second-order valence-electron chi connectivity index (χ2n) is 5.75. The van der Waals surface area contributed by atoms with E-state index in [9.17, 15) is 18.0 Å². The lowest BCUT2D eigenvalue weighted by Crippen LogP contribution is -2.22. The van der Waals surface area contributed by atoms with E-state index in [0.29, 0.717) is 10.2 Å². The summed E-state index contributed by atoms with van der Waals surface area (Å²) >= 11 is 2.62. The number of thiophene rings is 1. The summed E-state index contributed by atoms with van der Waals surface area (Å²) in [5, 5.41) is 1.90. The quantitative estimate of drug-likeness (QED) is 0.452. The molecule has 1 aromatic carbocycles. The van der Waals surface area contributed by atoms with Gasteiger partial charge in [-0.3, -0.25) is 9.59 Å². The van der Waals surface area contributed by atoms with E-state index >= 15 is 0 Å². The Bertz CT molecular complexity index is 1230. The maximum absolute atomic E-state index is 12.3. The molecule has 0 unspecified atom stereocenters. The molecule has 0 atom stereocenters. The first kappa shape index (κ1) is 20.2. The van der Waals surface area contributed by atoms with Gasteiger partial charge >= 0.3 is 5.97 Å². The first-order valence-electron chi connectivity index (χ1n) is 7.98. The number of amides is 1. The zero-order valence-corrected chi connectivity index (χ0v) is 17.4. The lowest BCUT2D eigenvalue weighted by Gasteiger charge is -2.04. The van der Waals surface area contributed by atoms with Crippen LogP contribution in [-0.2, 0) is 30.7 Å². The van der Waals surface area contributed by atoms with Gasteiger partial charge in [-0.05, 0) is 35.7 Å². The number of ether oxygens (including phenoxy) is 1. The molecule has 0 saturated heterocycles. The van der Waals surface area contributed by atoms with Crippen LogP contribution >= 0.6 is 22.7 Å². The normalized spacial score (nSPS) is 12.7. The van der Waals surface area contributed by atoms with E-state index in [1.807, 2.05) is 17.5 Å². The van der Waals surface area contributed by atoms with Crippen LogP contribution in [0.5, 0.6) is 0 Å². The molecule has 0 aliphatic rings. The summed E-state index contributed by atoms with van der Waals surface area (Å²) in [6.45, 7) is -0.143. The van der Waals surface area contributed by atoms with Gasteiger partial charge in [0.25, 0.3) is 5.91 Å². The van der Waals surface area contributed by atoms with Gasteiger partial charge in [0, 0.05) is 17.2 Å². The molecule has 0 fully saturated rings. The van der Waals surface area contributed by atoms with Crippen molar-refractivity contribution >= 4 is 60.7 Å². The Balaban J connectivity index is 2.09. The number of carbonyl (C=O) groups is 2. The Morgan fingerprint density at radius 1 is 1.29 bits per heavy atom. The molecule has 0 radical (unpaired) electrons. The van der Waals surface area contributed by atoms with E-state index in [1.165, 1.54) is 41.2 Å². The SMILES string of the molecule is COC(=O)Cn1c(=NC(=O)/C=C/c2cccs2)sc2cc(S(C)(=O)=O)ccc21. The maximum atomic E-state index is 12.3. The van der Waals surface area contributed by atoms with Crippen molar-refractivity contribution in [3.05, 3.63) is 51.5 Å². The van der Waals surface area contributed by atoms with Gasteiger partial charge in [0.2, 0.25) is 0 Å². The van der Waals surface area contributed by atoms with Gasteiger partial charge in [0.15, 0.2) is 14.6 Å². The van der Waals surface area contributed by atoms with E-state index < -0.39 is 21.7 Å². The molecule has 1 amide bonds. The summed E-state index contributed by atoms with van der Waals surface area (Å²) in [6.07, 6.45) is 4.13. The van der Waals surface area contributed by atoms with E-state index in [-0.39, 0.29) is 16.2 Å². The summed E-state index contributed by atoms with van der Waals surface area (Å²) in [5.41, 5.74) is 0.594. The van der Waals surface area contributed by atoms with Gasteiger partial charge in [-0.15, -0.1) is 11.3 Å². The molecule has 10 heteroatoms. The van der Waals surface area contributed by atoms with Crippen LogP contribution in [0.15, 0.2) is 51.7 Å². The highest BCUT2D eigenvalue weighted by Gasteiger charge is 2.14. The number of carbonyl (C=O) groups excluding carboxylic acids is 2. The number of aromatic nitrogens is 1. The topological polar surface area (TPSA) is 94.8 Å². The number of hydrogen-bond acceptors (Lipinski definition) is 7. The Hall–Kier alpha value is -2.56. The van der Waals surface area contributed by atoms with Crippen molar-refractivity contribution in [2.45, 2.75) is 11.4 Å². The monoisotopic (exact) mass is 436 g/mol. The average molecular weight is 437 g/mol. The van der Waals surface area contributed by atoms with E-state index in [0.717, 1.165) is 22.5 Å². The molecule has 0 bridgehead atoms. The minimum Gasteiger partial charge on any atom is -0.468 e. The number of thiazole rings is 1. The highest BCUT2D eigenvalue weighted by Crippen LogP contribution is 2.22. The fourth-order valence-corrected chi connectivity index (χ4v) is 4.80. The predicted molar refractivity (Wildman–Crippen MR) is 109 cm³/mol. The van der Waals surface area contributed by atoms with Crippen molar-refractivity contribution in [3.8, 4) is 0 Å². The molecular formula is C18H16N2O5S3. The highest BCUT2D eigenvalue weighted by molar-refractivity contribution is 7.90.